The highest BCUT2D eigenvalue weighted by Gasteiger charge is 2.08. The van der Waals surface area contributed by atoms with Crippen LogP contribution < -0.4 is 10.6 Å². The van der Waals surface area contributed by atoms with E-state index in [1.165, 1.54) is 24.9 Å². The maximum atomic E-state index is 12.3. The van der Waals surface area contributed by atoms with E-state index < -0.39 is 0 Å². The average molecular weight is 360 g/mol. The number of carbonyl (C=O) groups is 2. The fourth-order valence-electron chi connectivity index (χ4n) is 2.51. The van der Waals surface area contributed by atoms with E-state index in [1.54, 1.807) is 24.3 Å². The Morgan fingerprint density at radius 1 is 0.926 bits per heavy atom. The molecule has 0 aliphatic rings. The quantitative estimate of drug-likeness (QED) is 0.652. The molecule has 0 atom stereocenters. The first-order valence-corrected chi connectivity index (χ1v) is 8.56. The summed E-state index contributed by atoms with van der Waals surface area (Å²) in [5.74, 6) is 0.131. The minimum Gasteiger partial charge on any atom is -0.350 e. The van der Waals surface area contributed by atoms with Crippen molar-refractivity contribution in [1.29, 1.82) is 0 Å². The van der Waals surface area contributed by atoms with Gasteiger partial charge in [-0.05, 0) is 49.2 Å². The van der Waals surface area contributed by atoms with Crippen molar-refractivity contribution < 1.29 is 9.59 Å². The van der Waals surface area contributed by atoms with Crippen LogP contribution in [0.4, 0.5) is 11.6 Å². The van der Waals surface area contributed by atoms with Gasteiger partial charge in [0.15, 0.2) is 5.78 Å². The van der Waals surface area contributed by atoms with Crippen molar-refractivity contribution in [2.75, 3.05) is 10.6 Å². The van der Waals surface area contributed by atoms with Crippen molar-refractivity contribution in [1.82, 2.24) is 9.97 Å². The molecule has 0 unspecified atom stereocenters. The average Bonchev–Trinajstić information content (AvgIpc) is 2.68. The number of rotatable bonds is 6. The maximum absolute atomic E-state index is 12.3. The van der Waals surface area contributed by atoms with Gasteiger partial charge >= 0.3 is 0 Å². The van der Waals surface area contributed by atoms with E-state index in [2.05, 4.69) is 20.6 Å². The lowest BCUT2D eigenvalue weighted by molar-refractivity contribution is 0.101. The molecule has 6 heteroatoms. The fourth-order valence-corrected chi connectivity index (χ4v) is 2.51. The number of nitrogens with one attached hydrogen (secondary N) is 2. The lowest BCUT2D eigenvalue weighted by Gasteiger charge is -2.08. The maximum Gasteiger partial charge on any atom is 0.258 e. The molecule has 27 heavy (non-hydrogen) atoms. The van der Waals surface area contributed by atoms with Gasteiger partial charge in [-0.25, -0.2) is 9.97 Å². The number of ketones is 1. The number of Topliss-reactive ketones (excluding diaryl/α,β-unsaturated/α-hetero) is 1. The monoisotopic (exact) mass is 360 g/mol. The normalized spacial score (nSPS) is 10.3. The van der Waals surface area contributed by atoms with E-state index >= 15 is 0 Å². The first-order chi connectivity index (χ1) is 13.0. The van der Waals surface area contributed by atoms with Crippen molar-refractivity contribution in [2.45, 2.75) is 20.4 Å². The molecule has 0 radical (unpaired) electrons. The van der Waals surface area contributed by atoms with Gasteiger partial charge in [-0.3, -0.25) is 9.59 Å². The zero-order chi connectivity index (χ0) is 19.2. The number of amides is 1. The summed E-state index contributed by atoms with van der Waals surface area (Å²) in [6.45, 7) is 4.16. The van der Waals surface area contributed by atoms with E-state index in [9.17, 15) is 9.59 Å². The topological polar surface area (TPSA) is 84.0 Å². The Hall–Kier alpha value is -3.54. The Balaban J connectivity index is 1.60. The van der Waals surface area contributed by atoms with Gasteiger partial charge in [-0.15, -0.1) is 0 Å². The lowest BCUT2D eigenvalue weighted by atomic mass is 10.1. The van der Waals surface area contributed by atoms with Gasteiger partial charge in [0.25, 0.3) is 5.91 Å². The third kappa shape index (κ3) is 4.76. The number of hydrogen-bond donors (Lipinski definition) is 2. The molecule has 0 spiro atoms. The predicted octanol–water partition coefficient (Wildman–Crippen LogP) is 3.85. The van der Waals surface area contributed by atoms with Crippen LogP contribution >= 0.6 is 0 Å². The molecular weight excluding hydrogens is 340 g/mol. The number of carbonyl (C=O) groups excluding carboxylic acids is 2. The molecule has 6 nitrogen and oxygen atoms in total. The molecular formula is C21H20N4O2. The first kappa shape index (κ1) is 18.3. The van der Waals surface area contributed by atoms with E-state index in [4.69, 9.17) is 0 Å². The minimum atomic E-state index is -0.309. The van der Waals surface area contributed by atoms with Gasteiger partial charge in [-0.2, -0.15) is 0 Å². The molecule has 2 aromatic carbocycles. The number of hydrogen-bond acceptors (Lipinski definition) is 5. The predicted molar refractivity (Wildman–Crippen MR) is 105 cm³/mol. The molecule has 1 amide bonds. The SMILES string of the molecule is CC(=O)c1ccc(NC(=O)c2cnc(NCc3ccccc3C)nc2)cc1. The summed E-state index contributed by atoms with van der Waals surface area (Å²) >= 11 is 0. The molecule has 0 fully saturated rings. The molecule has 136 valence electrons. The van der Waals surface area contributed by atoms with Crippen LogP contribution in [0.5, 0.6) is 0 Å². The van der Waals surface area contributed by atoms with E-state index in [0.717, 1.165) is 5.56 Å². The summed E-state index contributed by atoms with van der Waals surface area (Å²) in [5.41, 5.74) is 3.91. The second kappa shape index (κ2) is 8.23. The highest BCUT2D eigenvalue weighted by Crippen LogP contribution is 2.12. The molecule has 1 aromatic heterocycles. The van der Waals surface area contributed by atoms with Gasteiger partial charge in [-0.1, -0.05) is 24.3 Å². The molecule has 0 aliphatic heterocycles. The number of nitrogens with zero attached hydrogens (tertiary/aromatic N) is 2. The summed E-state index contributed by atoms with van der Waals surface area (Å²) in [7, 11) is 0. The largest absolute Gasteiger partial charge is 0.350 e. The van der Waals surface area contributed by atoms with Crippen LogP contribution in [0.15, 0.2) is 60.9 Å². The summed E-state index contributed by atoms with van der Waals surface area (Å²) < 4.78 is 0. The molecule has 0 bridgehead atoms. The number of aryl methyl sites for hydroxylation is 1. The number of aromatic nitrogens is 2. The molecule has 2 N–H and O–H groups in total. The second-order valence-corrected chi connectivity index (χ2v) is 6.16. The Labute approximate surface area is 157 Å². The molecule has 3 rings (SSSR count). The zero-order valence-electron chi connectivity index (χ0n) is 15.2. The molecule has 3 aromatic rings. The Bertz CT molecular complexity index is 951. The third-order valence-electron chi connectivity index (χ3n) is 4.16. The smallest absolute Gasteiger partial charge is 0.258 e. The zero-order valence-corrected chi connectivity index (χ0v) is 15.2. The van der Waals surface area contributed by atoms with Crippen LogP contribution in [0.2, 0.25) is 0 Å². The van der Waals surface area contributed by atoms with Crippen molar-refractivity contribution in [3.05, 3.63) is 83.2 Å². The van der Waals surface area contributed by atoms with Crippen molar-refractivity contribution in [2.24, 2.45) is 0 Å². The van der Waals surface area contributed by atoms with Crippen LogP contribution in [0.1, 0.15) is 38.8 Å². The number of anilines is 2. The Kier molecular flexibility index (Phi) is 5.56. The van der Waals surface area contributed by atoms with Gasteiger partial charge in [0.2, 0.25) is 5.95 Å². The lowest BCUT2D eigenvalue weighted by Crippen LogP contribution is -2.13. The third-order valence-corrected chi connectivity index (χ3v) is 4.16. The van der Waals surface area contributed by atoms with Crippen LogP contribution in [-0.2, 0) is 6.54 Å². The van der Waals surface area contributed by atoms with Crippen molar-refractivity contribution in [3.63, 3.8) is 0 Å². The van der Waals surface area contributed by atoms with Gasteiger partial charge < -0.3 is 10.6 Å². The molecule has 0 aliphatic carbocycles. The van der Waals surface area contributed by atoms with E-state index in [0.29, 0.717) is 29.3 Å². The van der Waals surface area contributed by atoms with Crippen molar-refractivity contribution >= 4 is 23.3 Å². The van der Waals surface area contributed by atoms with Crippen LogP contribution in [-0.4, -0.2) is 21.7 Å². The fraction of sp³-hybridized carbons (Fsp3) is 0.143. The highest BCUT2D eigenvalue weighted by molar-refractivity contribution is 6.04. The van der Waals surface area contributed by atoms with Crippen LogP contribution in [0.25, 0.3) is 0 Å². The molecule has 1 heterocycles. The molecule has 0 saturated carbocycles. The number of benzene rings is 2. The summed E-state index contributed by atoms with van der Waals surface area (Å²) in [5, 5.41) is 5.91. The van der Waals surface area contributed by atoms with E-state index in [-0.39, 0.29) is 11.7 Å². The Morgan fingerprint density at radius 3 is 2.22 bits per heavy atom. The minimum absolute atomic E-state index is 0.0185. The summed E-state index contributed by atoms with van der Waals surface area (Å²) in [4.78, 5) is 32.0. The Morgan fingerprint density at radius 2 is 1.59 bits per heavy atom. The van der Waals surface area contributed by atoms with Gasteiger partial charge in [0.05, 0.1) is 5.56 Å². The van der Waals surface area contributed by atoms with Crippen LogP contribution in [0, 0.1) is 6.92 Å². The van der Waals surface area contributed by atoms with Gasteiger partial charge in [0.1, 0.15) is 0 Å². The molecule has 0 saturated heterocycles. The van der Waals surface area contributed by atoms with E-state index in [1.807, 2.05) is 31.2 Å². The highest BCUT2D eigenvalue weighted by atomic mass is 16.1. The van der Waals surface area contributed by atoms with Gasteiger partial charge in [0, 0.05) is 30.2 Å². The van der Waals surface area contributed by atoms with Crippen molar-refractivity contribution in [3.8, 4) is 0 Å². The summed E-state index contributed by atoms with van der Waals surface area (Å²) in [6, 6.07) is 14.8. The second-order valence-electron chi connectivity index (χ2n) is 6.16. The first-order valence-electron chi connectivity index (χ1n) is 8.56. The van der Waals surface area contributed by atoms with Crippen LogP contribution in [0.3, 0.4) is 0 Å². The summed E-state index contributed by atoms with van der Waals surface area (Å²) in [6.07, 6.45) is 2.96. The standard InChI is InChI=1S/C21H20N4O2/c1-14-5-3-4-6-17(14)11-22-21-23-12-18(13-24-21)20(27)25-19-9-7-16(8-10-19)15(2)26/h3-10,12-13H,11H2,1-2H3,(H,25,27)(H,22,23,24).